The highest BCUT2D eigenvalue weighted by Crippen LogP contribution is 2.36. The molecule has 0 radical (unpaired) electrons. The van der Waals surface area contributed by atoms with Gasteiger partial charge in [0.2, 0.25) is 0 Å². The van der Waals surface area contributed by atoms with Gasteiger partial charge in [0, 0.05) is 28.4 Å². The van der Waals surface area contributed by atoms with Gasteiger partial charge in [-0.3, -0.25) is 9.59 Å². The van der Waals surface area contributed by atoms with Crippen molar-refractivity contribution in [1.29, 1.82) is 0 Å². The molecule has 2 heterocycles. The van der Waals surface area contributed by atoms with Crippen molar-refractivity contribution < 1.29 is 23.9 Å². The standard InChI is InChI=1S/C22H23ClN2O5/c1-4-29-19(26)9-7-14-12(3)20(22(28)30-5-2)24-18(14)11-16-15-10-13(23)6-8-17(15)25-21(16)27/h6,8,10-11,24H,4-5,7,9H2,1-3H3,(H,25,27). The summed E-state index contributed by atoms with van der Waals surface area (Å²) in [5.41, 5.74) is 4.05. The molecule has 0 aliphatic carbocycles. The fourth-order valence-electron chi connectivity index (χ4n) is 3.42. The number of halogens is 1. The zero-order valence-electron chi connectivity index (χ0n) is 17.1. The Hall–Kier alpha value is -3.06. The maximum absolute atomic E-state index is 12.5. The van der Waals surface area contributed by atoms with Crippen molar-refractivity contribution in [3.63, 3.8) is 0 Å². The van der Waals surface area contributed by atoms with Crippen molar-refractivity contribution in [3.05, 3.63) is 51.3 Å². The van der Waals surface area contributed by atoms with E-state index in [2.05, 4.69) is 10.3 Å². The van der Waals surface area contributed by atoms with Crippen LogP contribution in [0.4, 0.5) is 5.69 Å². The molecule has 1 aliphatic rings. The molecular weight excluding hydrogens is 408 g/mol. The van der Waals surface area contributed by atoms with Gasteiger partial charge in [-0.1, -0.05) is 11.6 Å². The number of nitrogens with one attached hydrogen (secondary N) is 2. The van der Waals surface area contributed by atoms with Crippen molar-refractivity contribution in [1.82, 2.24) is 4.98 Å². The lowest BCUT2D eigenvalue weighted by Gasteiger charge is -2.05. The molecule has 7 nitrogen and oxygen atoms in total. The van der Waals surface area contributed by atoms with Gasteiger partial charge >= 0.3 is 11.9 Å². The summed E-state index contributed by atoms with van der Waals surface area (Å²) in [5, 5.41) is 3.31. The van der Waals surface area contributed by atoms with Crippen molar-refractivity contribution in [2.75, 3.05) is 18.5 Å². The Morgan fingerprint density at radius 3 is 2.60 bits per heavy atom. The van der Waals surface area contributed by atoms with E-state index < -0.39 is 5.97 Å². The zero-order chi connectivity index (χ0) is 21.8. The molecule has 0 saturated heterocycles. The van der Waals surface area contributed by atoms with Crippen LogP contribution in [-0.4, -0.2) is 36.0 Å². The van der Waals surface area contributed by atoms with Gasteiger partial charge in [-0.05, 0) is 62.6 Å². The Labute approximate surface area is 179 Å². The van der Waals surface area contributed by atoms with Gasteiger partial charge < -0.3 is 19.8 Å². The average Bonchev–Trinajstić information content (AvgIpc) is 3.17. The molecule has 1 aromatic carbocycles. The molecule has 1 aromatic heterocycles. The molecule has 2 aromatic rings. The molecule has 8 heteroatoms. The maximum Gasteiger partial charge on any atom is 0.355 e. The molecule has 0 saturated carbocycles. The second-order valence-electron chi connectivity index (χ2n) is 6.74. The number of aromatic amines is 1. The highest BCUT2D eigenvalue weighted by Gasteiger charge is 2.26. The zero-order valence-corrected chi connectivity index (χ0v) is 17.8. The molecule has 1 aliphatic heterocycles. The first-order chi connectivity index (χ1) is 14.3. The Morgan fingerprint density at radius 1 is 1.17 bits per heavy atom. The lowest BCUT2D eigenvalue weighted by Crippen LogP contribution is -2.07. The summed E-state index contributed by atoms with van der Waals surface area (Å²) in [4.78, 5) is 39.8. The van der Waals surface area contributed by atoms with Crippen LogP contribution >= 0.6 is 11.6 Å². The Kier molecular flexibility index (Phi) is 6.62. The van der Waals surface area contributed by atoms with Crippen LogP contribution in [0.1, 0.15) is 53.1 Å². The summed E-state index contributed by atoms with van der Waals surface area (Å²) in [5.74, 6) is -1.09. The topological polar surface area (TPSA) is 97.5 Å². The van der Waals surface area contributed by atoms with Gasteiger partial charge in [0.05, 0.1) is 18.8 Å². The van der Waals surface area contributed by atoms with Crippen molar-refractivity contribution in [2.24, 2.45) is 0 Å². The van der Waals surface area contributed by atoms with Crippen LogP contribution in [0.25, 0.3) is 11.6 Å². The molecule has 30 heavy (non-hydrogen) atoms. The van der Waals surface area contributed by atoms with E-state index in [0.717, 1.165) is 5.56 Å². The van der Waals surface area contributed by atoms with Gasteiger partial charge in [0.1, 0.15) is 5.69 Å². The number of aromatic nitrogens is 1. The minimum atomic E-state index is -0.489. The van der Waals surface area contributed by atoms with Gasteiger partial charge in [-0.15, -0.1) is 0 Å². The second-order valence-corrected chi connectivity index (χ2v) is 7.18. The first-order valence-electron chi connectivity index (χ1n) is 9.72. The molecule has 0 fully saturated rings. The number of fused-ring (bicyclic) bond motifs is 1. The van der Waals surface area contributed by atoms with E-state index in [1.165, 1.54) is 0 Å². The number of amides is 1. The summed E-state index contributed by atoms with van der Waals surface area (Å²) in [7, 11) is 0. The largest absolute Gasteiger partial charge is 0.466 e. The Bertz CT molecular complexity index is 1040. The third-order valence-electron chi connectivity index (χ3n) is 4.83. The number of benzene rings is 1. The first kappa shape index (κ1) is 21.6. The molecule has 158 valence electrons. The highest BCUT2D eigenvalue weighted by molar-refractivity contribution is 6.36. The van der Waals surface area contributed by atoms with E-state index in [0.29, 0.717) is 51.8 Å². The lowest BCUT2D eigenvalue weighted by atomic mass is 10.0. The summed E-state index contributed by atoms with van der Waals surface area (Å²) in [6, 6.07) is 5.15. The summed E-state index contributed by atoms with van der Waals surface area (Å²) < 4.78 is 10.1. The van der Waals surface area contributed by atoms with E-state index in [4.69, 9.17) is 21.1 Å². The van der Waals surface area contributed by atoms with Gasteiger partial charge in [0.15, 0.2) is 0 Å². The van der Waals surface area contributed by atoms with Crippen LogP contribution in [-0.2, 0) is 25.5 Å². The Balaban J connectivity index is 2.05. The molecule has 1 amide bonds. The minimum absolute atomic E-state index is 0.152. The normalized spacial score (nSPS) is 13.9. The summed E-state index contributed by atoms with van der Waals surface area (Å²) in [6.07, 6.45) is 2.18. The molecule has 0 atom stereocenters. The molecule has 3 rings (SSSR count). The molecule has 0 bridgehead atoms. The number of rotatable bonds is 7. The van der Waals surface area contributed by atoms with E-state index in [-0.39, 0.29) is 24.9 Å². The number of hydrogen-bond acceptors (Lipinski definition) is 5. The number of carbonyl (C=O) groups is 3. The monoisotopic (exact) mass is 430 g/mol. The highest BCUT2D eigenvalue weighted by atomic mass is 35.5. The number of esters is 2. The fraction of sp³-hybridized carbons (Fsp3) is 0.318. The van der Waals surface area contributed by atoms with Crippen LogP contribution in [0.3, 0.4) is 0 Å². The smallest absolute Gasteiger partial charge is 0.355 e. The molecular formula is C22H23ClN2O5. The quantitative estimate of drug-likeness (QED) is 0.508. The SMILES string of the molecule is CCOC(=O)CCc1c(C=C2C(=O)Nc3ccc(Cl)cc32)[nH]c(C(=O)OCC)c1C. The summed E-state index contributed by atoms with van der Waals surface area (Å²) >= 11 is 6.10. The summed E-state index contributed by atoms with van der Waals surface area (Å²) in [6.45, 7) is 5.79. The van der Waals surface area contributed by atoms with Crippen molar-refractivity contribution in [2.45, 2.75) is 33.6 Å². The minimum Gasteiger partial charge on any atom is -0.466 e. The fourth-order valence-corrected chi connectivity index (χ4v) is 3.59. The van der Waals surface area contributed by atoms with Gasteiger partial charge in [-0.25, -0.2) is 4.79 Å². The average molecular weight is 431 g/mol. The number of H-pyrrole nitrogens is 1. The van der Waals surface area contributed by atoms with E-state index >= 15 is 0 Å². The van der Waals surface area contributed by atoms with Crippen LogP contribution in [0.15, 0.2) is 18.2 Å². The number of ether oxygens (including phenoxy) is 2. The lowest BCUT2D eigenvalue weighted by molar-refractivity contribution is -0.143. The van der Waals surface area contributed by atoms with Crippen LogP contribution in [0.2, 0.25) is 5.02 Å². The van der Waals surface area contributed by atoms with E-state index in [1.54, 1.807) is 45.0 Å². The van der Waals surface area contributed by atoms with Crippen LogP contribution < -0.4 is 5.32 Å². The predicted molar refractivity (Wildman–Crippen MR) is 114 cm³/mol. The second kappa shape index (κ2) is 9.17. The molecule has 0 spiro atoms. The van der Waals surface area contributed by atoms with Crippen LogP contribution in [0.5, 0.6) is 0 Å². The maximum atomic E-state index is 12.5. The van der Waals surface area contributed by atoms with Crippen LogP contribution in [0, 0.1) is 6.92 Å². The number of hydrogen-bond donors (Lipinski definition) is 2. The van der Waals surface area contributed by atoms with Crippen molar-refractivity contribution >= 4 is 46.8 Å². The van der Waals surface area contributed by atoms with Gasteiger partial charge in [0.25, 0.3) is 5.91 Å². The van der Waals surface area contributed by atoms with Gasteiger partial charge in [-0.2, -0.15) is 0 Å². The molecule has 2 N–H and O–H groups in total. The molecule has 0 unspecified atom stereocenters. The number of anilines is 1. The number of carbonyl (C=O) groups excluding carboxylic acids is 3. The van der Waals surface area contributed by atoms with E-state index in [9.17, 15) is 14.4 Å². The predicted octanol–water partition coefficient (Wildman–Crippen LogP) is 4.14. The Morgan fingerprint density at radius 2 is 1.90 bits per heavy atom. The van der Waals surface area contributed by atoms with Crippen molar-refractivity contribution in [3.8, 4) is 0 Å². The third kappa shape index (κ3) is 4.41. The third-order valence-corrected chi connectivity index (χ3v) is 5.06. The van der Waals surface area contributed by atoms with E-state index in [1.807, 2.05) is 0 Å². The first-order valence-corrected chi connectivity index (χ1v) is 10.1.